The Kier molecular flexibility index (Phi) is 5.69. The van der Waals surface area contributed by atoms with Crippen LogP contribution < -0.4 is 0 Å². The summed E-state index contributed by atoms with van der Waals surface area (Å²) in [5.74, 6) is 0.0648. The SMILES string of the molecule is CN1CCN(C(=O)[C@@H]2COC3(CCCCC3)N2C(=O)Cc2ccccc2)CC1. The van der Waals surface area contributed by atoms with Crippen LogP contribution in [-0.2, 0) is 20.7 Å². The van der Waals surface area contributed by atoms with Crippen molar-refractivity contribution in [3.05, 3.63) is 35.9 Å². The fourth-order valence-electron chi connectivity index (χ4n) is 4.83. The molecule has 4 rings (SSSR count). The number of ether oxygens (including phenoxy) is 1. The Morgan fingerprint density at radius 2 is 1.71 bits per heavy atom. The van der Waals surface area contributed by atoms with Crippen LogP contribution >= 0.6 is 0 Å². The van der Waals surface area contributed by atoms with Crippen LogP contribution in [-0.4, -0.2) is 78.1 Å². The average molecular weight is 386 g/mol. The zero-order valence-corrected chi connectivity index (χ0v) is 16.8. The summed E-state index contributed by atoms with van der Waals surface area (Å²) >= 11 is 0. The molecule has 0 N–H and O–H groups in total. The molecule has 1 aromatic carbocycles. The zero-order chi connectivity index (χ0) is 19.6. The lowest BCUT2D eigenvalue weighted by atomic mass is 9.89. The fraction of sp³-hybridized carbons (Fsp3) is 0.636. The molecule has 0 radical (unpaired) electrons. The first-order valence-corrected chi connectivity index (χ1v) is 10.6. The second kappa shape index (κ2) is 8.21. The Bertz CT molecular complexity index is 694. The van der Waals surface area contributed by atoms with Crippen molar-refractivity contribution in [1.29, 1.82) is 0 Å². The van der Waals surface area contributed by atoms with Gasteiger partial charge >= 0.3 is 0 Å². The Labute approximate surface area is 167 Å². The molecule has 3 fully saturated rings. The summed E-state index contributed by atoms with van der Waals surface area (Å²) in [6, 6.07) is 9.31. The molecule has 28 heavy (non-hydrogen) atoms. The molecule has 0 bridgehead atoms. The second-order valence-electron chi connectivity index (χ2n) is 8.39. The standard InChI is InChI=1S/C22H31N3O3/c1-23-12-14-24(15-13-23)21(27)19-17-28-22(10-6-3-7-11-22)25(19)20(26)16-18-8-4-2-5-9-18/h2,4-5,8-9,19H,3,6-7,10-17H2,1H3/t19-/m0/s1. The van der Waals surface area contributed by atoms with Gasteiger partial charge in [-0.05, 0) is 38.3 Å². The fourth-order valence-corrected chi connectivity index (χ4v) is 4.83. The molecular formula is C22H31N3O3. The highest BCUT2D eigenvalue weighted by molar-refractivity contribution is 5.89. The van der Waals surface area contributed by atoms with Crippen LogP contribution in [0.1, 0.15) is 37.7 Å². The van der Waals surface area contributed by atoms with Gasteiger partial charge in [0.2, 0.25) is 11.8 Å². The minimum atomic E-state index is -0.586. The van der Waals surface area contributed by atoms with Gasteiger partial charge in [-0.15, -0.1) is 0 Å². The maximum Gasteiger partial charge on any atom is 0.247 e. The summed E-state index contributed by atoms with van der Waals surface area (Å²) in [4.78, 5) is 32.7. The molecule has 1 saturated carbocycles. The van der Waals surface area contributed by atoms with Crippen molar-refractivity contribution in [3.63, 3.8) is 0 Å². The molecule has 2 heterocycles. The Morgan fingerprint density at radius 1 is 1.04 bits per heavy atom. The Balaban J connectivity index is 1.56. The number of carbonyl (C=O) groups excluding carboxylic acids is 2. The highest BCUT2D eigenvalue weighted by atomic mass is 16.5. The monoisotopic (exact) mass is 385 g/mol. The van der Waals surface area contributed by atoms with Crippen LogP contribution in [0.15, 0.2) is 30.3 Å². The van der Waals surface area contributed by atoms with Crippen LogP contribution in [0.4, 0.5) is 0 Å². The smallest absolute Gasteiger partial charge is 0.247 e. The summed E-state index contributed by atoms with van der Waals surface area (Å²) in [6.07, 6.45) is 5.25. The number of likely N-dealkylation sites (N-methyl/N-ethyl adjacent to an activating group) is 1. The predicted molar refractivity (Wildman–Crippen MR) is 107 cm³/mol. The predicted octanol–water partition coefficient (Wildman–Crippen LogP) is 1.89. The highest BCUT2D eigenvalue weighted by Gasteiger charge is 2.53. The lowest BCUT2D eigenvalue weighted by molar-refractivity contribution is -0.161. The van der Waals surface area contributed by atoms with Gasteiger partial charge in [0.05, 0.1) is 13.0 Å². The molecule has 2 amide bonds. The normalized spacial score (nSPS) is 25.2. The third kappa shape index (κ3) is 3.80. The summed E-state index contributed by atoms with van der Waals surface area (Å²) in [7, 11) is 2.08. The molecule has 2 aliphatic heterocycles. The van der Waals surface area contributed by atoms with Gasteiger partial charge in [0, 0.05) is 26.2 Å². The number of hydrogen-bond donors (Lipinski definition) is 0. The van der Waals surface area contributed by atoms with E-state index < -0.39 is 11.8 Å². The zero-order valence-electron chi connectivity index (χ0n) is 16.8. The number of amides is 2. The molecule has 3 aliphatic rings. The van der Waals surface area contributed by atoms with Crippen molar-refractivity contribution in [3.8, 4) is 0 Å². The van der Waals surface area contributed by atoms with E-state index in [2.05, 4.69) is 11.9 Å². The van der Waals surface area contributed by atoms with E-state index in [4.69, 9.17) is 4.74 Å². The van der Waals surface area contributed by atoms with E-state index in [1.807, 2.05) is 40.1 Å². The number of rotatable bonds is 3. The van der Waals surface area contributed by atoms with Crippen LogP contribution in [0.25, 0.3) is 0 Å². The third-order valence-electron chi connectivity index (χ3n) is 6.46. The van der Waals surface area contributed by atoms with E-state index in [1.165, 1.54) is 6.42 Å². The Morgan fingerprint density at radius 3 is 2.39 bits per heavy atom. The maximum atomic E-state index is 13.4. The van der Waals surface area contributed by atoms with E-state index >= 15 is 0 Å². The van der Waals surface area contributed by atoms with Crippen LogP contribution in [0.3, 0.4) is 0 Å². The lowest BCUT2D eigenvalue weighted by Crippen LogP contribution is -2.59. The van der Waals surface area contributed by atoms with Crippen molar-refractivity contribution < 1.29 is 14.3 Å². The first kappa shape index (κ1) is 19.4. The molecular weight excluding hydrogens is 354 g/mol. The average Bonchev–Trinajstić information content (AvgIpc) is 3.08. The van der Waals surface area contributed by atoms with Gasteiger partial charge < -0.3 is 14.5 Å². The first-order valence-electron chi connectivity index (χ1n) is 10.6. The van der Waals surface area contributed by atoms with Gasteiger partial charge in [0.25, 0.3) is 0 Å². The Hall–Kier alpha value is -1.92. The van der Waals surface area contributed by atoms with E-state index in [0.29, 0.717) is 13.0 Å². The summed E-state index contributed by atoms with van der Waals surface area (Å²) in [6.45, 7) is 3.52. The summed E-state index contributed by atoms with van der Waals surface area (Å²) in [5.41, 5.74) is 0.396. The molecule has 1 spiro atoms. The van der Waals surface area contributed by atoms with Crippen molar-refractivity contribution in [2.45, 2.75) is 50.3 Å². The molecule has 1 aromatic rings. The van der Waals surface area contributed by atoms with Crippen molar-refractivity contribution in [2.24, 2.45) is 0 Å². The highest BCUT2D eigenvalue weighted by Crippen LogP contribution is 2.41. The minimum Gasteiger partial charge on any atom is -0.353 e. The van der Waals surface area contributed by atoms with Crippen molar-refractivity contribution >= 4 is 11.8 Å². The van der Waals surface area contributed by atoms with Gasteiger partial charge in [-0.2, -0.15) is 0 Å². The molecule has 2 saturated heterocycles. The molecule has 6 nitrogen and oxygen atoms in total. The van der Waals surface area contributed by atoms with E-state index in [-0.39, 0.29) is 11.8 Å². The number of benzene rings is 1. The summed E-state index contributed by atoms with van der Waals surface area (Å²) < 4.78 is 6.25. The molecule has 1 atom stereocenters. The van der Waals surface area contributed by atoms with Gasteiger partial charge in [-0.25, -0.2) is 0 Å². The van der Waals surface area contributed by atoms with Gasteiger partial charge in [0.1, 0.15) is 11.8 Å². The molecule has 152 valence electrons. The van der Waals surface area contributed by atoms with E-state index in [9.17, 15) is 9.59 Å². The van der Waals surface area contributed by atoms with Gasteiger partial charge in [-0.3, -0.25) is 14.5 Å². The van der Waals surface area contributed by atoms with Crippen LogP contribution in [0.5, 0.6) is 0 Å². The van der Waals surface area contributed by atoms with Crippen molar-refractivity contribution in [2.75, 3.05) is 39.8 Å². The van der Waals surface area contributed by atoms with E-state index in [1.54, 1.807) is 0 Å². The van der Waals surface area contributed by atoms with E-state index in [0.717, 1.165) is 57.4 Å². The number of nitrogens with zero attached hydrogens (tertiary/aromatic N) is 3. The molecule has 1 aliphatic carbocycles. The van der Waals surface area contributed by atoms with Crippen LogP contribution in [0, 0.1) is 0 Å². The quantitative estimate of drug-likeness (QED) is 0.797. The van der Waals surface area contributed by atoms with Gasteiger partial charge in [0.15, 0.2) is 0 Å². The number of piperazine rings is 1. The third-order valence-corrected chi connectivity index (χ3v) is 6.46. The minimum absolute atomic E-state index is 0.0121. The maximum absolute atomic E-state index is 13.4. The molecule has 0 aromatic heterocycles. The van der Waals surface area contributed by atoms with Gasteiger partial charge in [-0.1, -0.05) is 36.8 Å². The number of carbonyl (C=O) groups is 2. The molecule has 0 unspecified atom stereocenters. The van der Waals surface area contributed by atoms with Crippen LogP contribution in [0.2, 0.25) is 0 Å². The largest absolute Gasteiger partial charge is 0.353 e. The topological polar surface area (TPSA) is 53.1 Å². The molecule has 6 heteroatoms. The number of hydrogen-bond acceptors (Lipinski definition) is 4. The first-order chi connectivity index (χ1) is 13.6. The second-order valence-corrected chi connectivity index (χ2v) is 8.39. The van der Waals surface area contributed by atoms with Crippen molar-refractivity contribution in [1.82, 2.24) is 14.7 Å². The lowest BCUT2D eigenvalue weighted by Gasteiger charge is -2.42. The summed E-state index contributed by atoms with van der Waals surface area (Å²) in [5, 5.41) is 0.